The molecule has 2 aromatic carbocycles. The maximum Gasteiger partial charge on any atom is 0.320 e. The van der Waals surface area contributed by atoms with Crippen LogP contribution in [0.3, 0.4) is 0 Å². The molecule has 0 bridgehead atoms. The zero-order valence-electron chi connectivity index (χ0n) is 12.8. The third-order valence-corrected chi connectivity index (χ3v) is 8.49. The molecule has 2 aromatic rings. The smallest absolute Gasteiger partial charge is 0.320 e. The molecule has 0 radical (unpaired) electrons. The van der Waals surface area contributed by atoms with Crippen molar-refractivity contribution in [2.45, 2.75) is 33.6 Å². The Morgan fingerprint density at radius 3 is 1.50 bits per heavy atom. The fraction of sp³-hybridized carbons (Fsp3) is 0.250. The Bertz CT molecular complexity index is 822. The summed E-state index contributed by atoms with van der Waals surface area (Å²) in [6.45, 7) is 1.13. The molecule has 5 nitrogen and oxygen atoms in total. The molecule has 2 rings (SSSR count). The van der Waals surface area contributed by atoms with Gasteiger partial charge in [0.15, 0.2) is 0 Å². The lowest BCUT2D eigenvalue weighted by Gasteiger charge is -2.26. The Morgan fingerprint density at radius 2 is 1.21 bits per heavy atom. The van der Waals surface area contributed by atoms with Crippen LogP contribution in [-0.4, -0.2) is 32.4 Å². The number of rotatable bonds is 6. The molecule has 0 saturated carbocycles. The molecule has 8 heteroatoms. The molecule has 0 aliphatic carbocycles. The molecule has 0 aliphatic rings. The van der Waals surface area contributed by atoms with Gasteiger partial charge in [-0.05, 0) is 31.2 Å². The summed E-state index contributed by atoms with van der Waals surface area (Å²) in [4.78, 5) is -0.930. The first-order chi connectivity index (χ1) is 11.1. The second-order valence-electron chi connectivity index (χ2n) is 5.35. The average Bonchev–Trinajstić information content (AvgIpc) is 2.55. The maximum atomic E-state index is 15.6. The number of hydrogen-bond donors (Lipinski definition) is 1. The van der Waals surface area contributed by atoms with Crippen LogP contribution in [0, 0.1) is 0 Å². The zero-order valence-corrected chi connectivity index (χ0v) is 14.5. The van der Waals surface area contributed by atoms with Crippen LogP contribution in [0.5, 0.6) is 0 Å². The number of sulfone groups is 2. The van der Waals surface area contributed by atoms with Crippen LogP contribution < -0.4 is 0 Å². The molecule has 1 unspecified atom stereocenters. The number of aliphatic hydroxyl groups excluding tert-OH is 1. The predicted octanol–water partition coefficient (Wildman–Crippen LogP) is 2.33. The third kappa shape index (κ3) is 3.09. The van der Waals surface area contributed by atoms with Gasteiger partial charge >= 0.3 is 4.33 Å². The van der Waals surface area contributed by atoms with Gasteiger partial charge in [-0.3, -0.25) is 0 Å². The van der Waals surface area contributed by atoms with Gasteiger partial charge in [-0.1, -0.05) is 36.4 Å². The summed E-state index contributed by atoms with van der Waals surface area (Å²) in [6, 6.07) is 13.0. The van der Waals surface area contributed by atoms with Crippen LogP contribution in [0.1, 0.15) is 13.3 Å². The number of benzene rings is 2. The highest BCUT2D eigenvalue weighted by Crippen LogP contribution is 2.40. The van der Waals surface area contributed by atoms with E-state index in [1.165, 1.54) is 36.4 Å². The molecular formula is C16H17FO5S2. The van der Waals surface area contributed by atoms with Crippen LogP contribution in [0.25, 0.3) is 0 Å². The maximum absolute atomic E-state index is 15.6. The summed E-state index contributed by atoms with van der Waals surface area (Å²) >= 11 is 0. The Morgan fingerprint density at radius 1 is 0.875 bits per heavy atom. The van der Waals surface area contributed by atoms with Gasteiger partial charge in [0.05, 0.1) is 15.9 Å². The lowest BCUT2D eigenvalue weighted by Crippen LogP contribution is -2.44. The summed E-state index contributed by atoms with van der Waals surface area (Å²) in [5, 5.41) is 9.54. The van der Waals surface area contributed by atoms with Crippen LogP contribution >= 0.6 is 0 Å². The molecule has 0 amide bonds. The number of alkyl halides is 1. The van der Waals surface area contributed by atoms with Gasteiger partial charge in [-0.2, -0.15) is 0 Å². The van der Waals surface area contributed by atoms with Crippen molar-refractivity contribution in [3.8, 4) is 0 Å². The van der Waals surface area contributed by atoms with E-state index in [1.807, 2.05) is 0 Å². The largest absolute Gasteiger partial charge is 0.393 e. The number of halogens is 1. The van der Waals surface area contributed by atoms with Crippen LogP contribution in [0.4, 0.5) is 4.39 Å². The second kappa shape index (κ2) is 6.62. The lowest BCUT2D eigenvalue weighted by molar-refractivity contribution is 0.150. The van der Waals surface area contributed by atoms with Crippen molar-refractivity contribution >= 4 is 19.7 Å². The highest BCUT2D eigenvalue weighted by atomic mass is 32.3. The highest BCUT2D eigenvalue weighted by Gasteiger charge is 2.57. The average molecular weight is 372 g/mol. The van der Waals surface area contributed by atoms with E-state index in [1.54, 1.807) is 0 Å². The molecule has 24 heavy (non-hydrogen) atoms. The number of aliphatic hydroxyl groups is 1. The topological polar surface area (TPSA) is 88.5 Å². The summed E-state index contributed by atoms with van der Waals surface area (Å²) in [7, 11) is -9.83. The molecule has 0 saturated heterocycles. The first-order valence-electron chi connectivity index (χ1n) is 7.09. The summed E-state index contributed by atoms with van der Waals surface area (Å²) < 4.78 is 62.9. The van der Waals surface area contributed by atoms with Crippen molar-refractivity contribution in [2.75, 3.05) is 0 Å². The van der Waals surface area contributed by atoms with E-state index in [4.69, 9.17) is 0 Å². The molecule has 130 valence electrons. The Kier molecular flexibility index (Phi) is 5.12. The fourth-order valence-electron chi connectivity index (χ4n) is 2.27. The first kappa shape index (κ1) is 18.6. The summed E-state index contributed by atoms with van der Waals surface area (Å²) in [6.07, 6.45) is -2.58. The molecular weight excluding hydrogens is 355 g/mol. The normalized spacial score (nSPS) is 14.3. The minimum absolute atomic E-state index is 0.465. The van der Waals surface area contributed by atoms with Gasteiger partial charge in [0.25, 0.3) is 0 Å². The van der Waals surface area contributed by atoms with E-state index < -0.39 is 46.3 Å². The van der Waals surface area contributed by atoms with Gasteiger partial charge in [0.2, 0.25) is 19.7 Å². The van der Waals surface area contributed by atoms with Crippen molar-refractivity contribution in [1.82, 2.24) is 0 Å². The number of hydrogen-bond acceptors (Lipinski definition) is 5. The molecule has 0 spiro atoms. The van der Waals surface area contributed by atoms with Crippen LogP contribution in [0.15, 0.2) is 70.5 Å². The van der Waals surface area contributed by atoms with Crippen molar-refractivity contribution < 1.29 is 26.3 Å². The Balaban J connectivity index is 2.73. The predicted molar refractivity (Wildman–Crippen MR) is 87.4 cm³/mol. The second-order valence-corrected chi connectivity index (χ2v) is 9.86. The highest BCUT2D eigenvalue weighted by molar-refractivity contribution is 8.10. The summed E-state index contributed by atoms with van der Waals surface area (Å²) in [5.41, 5.74) is 0. The monoisotopic (exact) mass is 372 g/mol. The quantitative estimate of drug-likeness (QED) is 0.841. The van der Waals surface area contributed by atoms with Crippen LogP contribution in [0.2, 0.25) is 0 Å². The van der Waals surface area contributed by atoms with Crippen molar-refractivity contribution in [1.29, 1.82) is 0 Å². The van der Waals surface area contributed by atoms with Gasteiger partial charge in [-0.25, -0.2) is 21.2 Å². The van der Waals surface area contributed by atoms with Crippen molar-refractivity contribution in [3.05, 3.63) is 60.7 Å². The van der Waals surface area contributed by atoms with E-state index in [0.29, 0.717) is 0 Å². The SMILES string of the molecule is CC(O)CC(F)(S(=O)(=O)c1ccccc1)S(=O)(=O)c1ccccc1. The minimum atomic E-state index is -4.92. The van der Waals surface area contributed by atoms with Crippen molar-refractivity contribution in [2.24, 2.45) is 0 Å². The van der Waals surface area contributed by atoms with Crippen molar-refractivity contribution in [3.63, 3.8) is 0 Å². The molecule has 0 aliphatic heterocycles. The van der Waals surface area contributed by atoms with E-state index in [-0.39, 0.29) is 0 Å². The first-order valence-corrected chi connectivity index (χ1v) is 10.1. The Hall–Kier alpha value is -1.77. The van der Waals surface area contributed by atoms with Crippen LogP contribution in [-0.2, 0) is 19.7 Å². The zero-order chi connectivity index (χ0) is 18.0. The van der Waals surface area contributed by atoms with E-state index in [0.717, 1.165) is 31.2 Å². The molecule has 1 N–H and O–H groups in total. The van der Waals surface area contributed by atoms with Gasteiger partial charge in [0, 0.05) is 6.42 Å². The standard InChI is InChI=1S/C16H17FO5S2/c1-13(18)12-16(17,23(19,20)14-8-4-2-5-9-14)24(21,22)15-10-6-3-7-11-15/h2-11,13,18H,12H2,1H3. The molecule has 0 aromatic heterocycles. The molecule has 0 heterocycles. The third-order valence-electron chi connectivity index (χ3n) is 3.45. The van der Waals surface area contributed by atoms with Gasteiger partial charge in [0.1, 0.15) is 0 Å². The molecule has 0 fully saturated rings. The Labute approximate surface area is 140 Å². The van der Waals surface area contributed by atoms with E-state index in [2.05, 4.69) is 0 Å². The van der Waals surface area contributed by atoms with Gasteiger partial charge < -0.3 is 5.11 Å². The van der Waals surface area contributed by atoms with E-state index in [9.17, 15) is 21.9 Å². The minimum Gasteiger partial charge on any atom is -0.393 e. The lowest BCUT2D eigenvalue weighted by atomic mass is 10.3. The van der Waals surface area contributed by atoms with E-state index >= 15 is 4.39 Å². The molecule has 1 atom stereocenters. The summed E-state index contributed by atoms with van der Waals surface area (Å²) in [5.74, 6) is 0. The van der Waals surface area contributed by atoms with Gasteiger partial charge in [-0.15, -0.1) is 0 Å². The fourth-order valence-corrected chi connectivity index (χ4v) is 6.66.